The Hall–Kier alpha value is -2.54. The summed E-state index contributed by atoms with van der Waals surface area (Å²) in [6, 6.07) is 22.2. The molecule has 0 aliphatic heterocycles. The molecule has 5 rings (SSSR count). The summed E-state index contributed by atoms with van der Waals surface area (Å²) >= 11 is 0. The molecule has 1 heterocycles. The van der Waals surface area contributed by atoms with Gasteiger partial charge in [0.05, 0.1) is 0 Å². The van der Waals surface area contributed by atoms with Crippen LogP contribution < -0.4 is 0 Å². The molecule has 0 saturated heterocycles. The molecule has 1 aliphatic carbocycles. The average molecular weight is 370 g/mol. The van der Waals surface area contributed by atoms with E-state index >= 15 is 0 Å². The number of unbranched alkanes of at least 4 members (excludes halogenated alkanes) is 2. The Kier molecular flexibility index (Phi) is 6.11. The van der Waals surface area contributed by atoms with Crippen LogP contribution in [0, 0.1) is 0 Å². The van der Waals surface area contributed by atoms with Crippen LogP contribution >= 0.6 is 0 Å². The third-order valence-corrected chi connectivity index (χ3v) is 6.15. The Labute approximate surface area is 168 Å². The molecular formula is C27H31N. The van der Waals surface area contributed by atoms with Crippen molar-refractivity contribution >= 4 is 21.5 Å². The summed E-state index contributed by atoms with van der Waals surface area (Å²) in [5.41, 5.74) is 3.29. The molecule has 1 heteroatoms. The van der Waals surface area contributed by atoms with Crippen LogP contribution in [0.4, 0.5) is 0 Å². The minimum atomic E-state index is 0.793. The molecule has 1 aliphatic rings. The first kappa shape index (κ1) is 18.8. The fourth-order valence-electron chi connectivity index (χ4n) is 4.73. The molecule has 1 atom stereocenters. The first-order valence-corrected chi connectivity index (χ1v) is 10.9. The highest BCUT2D eigenvalue weighted by Crippen LogP contribution is 2.40. The molecule has 3 aromatic carbocycles. The fraction of sp³-hybridized carbons (Fsp3) is 0.333. The molecule has 0 radical (unpaired) electrons. The maximum absolute atomic E-state index is 2.86. The molecule has 0 bridgehead atoms. The van der Waals surface area contributed by atoms with Crippen molar-refractivity contribution in [3.8, 4) is 0 Å². The fourth-order valence-corrected chi connectivity index (χ4v) is 4.73. The van der Waals surface area contributed by atoms with Gasteiger partial charge in [-0.15, -0.1) is 0 Å². The van der Waals surface area contributed by atoms with Crippen LogP contribution in [-0.2, 0) is 6.42 Å². The van der Waals surface area contributed by atoms with Crippen molar-refractivity contribution in [3.05, 3.63) is 84.2 Å². The summed E-state index contributed by atoms with van der Waals surface area (Å²) in [5.74, 6) is 0.793. The number of H-pyrrole nitrogens is 1. The van der Waals surface area contributed by atoms with Gasteiger partial charge < -0.3 is 4.98 Å². The summed E-state index contributed by atoms with van der Waals surface area (Å²) in [4.78, 5) is 2.86. The van der Waals surface area contributed by atoms with E-state index in [1.807, 2.05) is 24.5 Å². The molecule has 1 nitrogen and oxygen atoms in total. The lowest BCUT2D eigenvalue weighted by Gasteiger charge is -2.27. The number of benzene rings is 3. The van der Waals surface area contributed by atoms with E-state index in [2.05, 4.69) is 60.4 Å². The van der Waals surface area contributed by atoms with Crippen molar-refractivity contribution in [3.63, 3.8) is 0 Å². The van der Waals surface area contributed by atoms with Gasteiger partial charge in [-0.2, -0.15) is 0 Å². The lowest BCUT2D eigenvalue weighted by atomic mass is 9.78. The number of aryl methyl sites for hydroxylation is 1. The van der Waals surface area contributed by atoms with E-state index in [9.17, 15) is 0 Å². The molecule has 1 N–H and O–H groups in total. The molecule has 1 aromatic heterocycles. The summed E-state index contributed by atoms with van der Waals surface area (Å²) in [6.07, 6.45) is 13.2. The van der Waals surface area contributed by atoms with E-state index < -0.39 is 0 Å². The minimum Gasteiger partial charge on any atom is -0.368 e. The topological polar surface area (TPSA) is 15.8 Å². The van der Waals surface area contributed by atoms with Crippen LogP contribution in [0.15, 0.2) is 73.1 Å². The second-order valence-electron chi connectivity index (χ2n) is 7.98. The molecule has 0 spiro atoms. The number of aromatic nitrogens is 1. The van der Waals surface area contributed by atoms with E-state index in [1.54, 1.807) is 11.1 Å². The van der Waals surface area contributed by atoms with Gasteiger partial charge in [0.15, 0.2) is 0 Å². The van der Waals surface area contributed by atoms with Crippen molar-refractivity contribution in [2.75, 3.05) is 0 Å². The van der Waals surface area contributed by atoms with Crippen LogP contribution in [0.1, 0.15) is 62.5 Å². The number of fused-ring (bicyclic) bond motifs is 5. The van der Waals surface area contributed by atoms with Crippen molar-refractivity contribution in [2.45, 2.75) is 57.8 Å². The summed E-state index contributed by atoms with van der Waals surface area (Å²) < 4.78 is 0. The zero-order valence-corrected chi connectivity index (χ0v) is 17.0. The van der Waals surface area contributed by atoms with Gasteiger partial charge in [0, 0.05) is 12.4 Å². The van der Waals surface area contributed by atoms with Gasteiger partial charge in [0.25, 0.3) is 0 Å². The summed E-state index contributed by atoms with van der Waals surface area (Å²) in [5, 5.41) is 5.70. The van der Waals surface area contributed by atoms with Crippen molar-refractivity contribution in [1.82, 2.24) is 4.98 Å². The third-order valence-electron chi connectivity index (χ3n) is 6.15. The largest absolute Gasteiger partial charge is 0.368 e. The number of aromatic amines is 1. The summed E-state index contributed by atoms with van der Waals surface area (Å²) in [6.45, 7) is 2.30. The normalized spacial score (nSPS) is 15.8. The first-order valence-electron chi connectivity index (χ1n) is 10.9. The number of nitrogens with one attached hydrogen (secondary N) is 1. The zero-order valence-electron chi connectivity index (χ0n) is 17.0. The van der Waals surface area contributed by atoms with E-state index in [4.69, 9.17) is 0 Å². The Morgan fingerprint density at radius 1 is 0.821 bits per heavy atom. The predicted octanol–water partition coefficient (Wildman–Crippen LogP) is 8.01. The van der Waals surface area contributed by atoms with Gasteiger partial charge in [0.2, 0.25) is 0 Å². The van der Waals surface area contributed by atoms with Crippen molar-refractivity contribution in [2.24, 2.45) is 0 Å². The van der Waals surface area contributed by atoms with Crippen LogP contribution in [0.5, 0.6) is 0 Å². The summed E-state index contributed by atoms with van der Waals surface area (Å²) in [7, 11) is 0. The molecule has 1 unspecified atom stereocenters. The van der Waals surface area contributed by atoms with Gasteiger partial charge in [-0.05, 0) is 76.4 Å². The maximum atomic E-state index is 2.86. The molecule has 0 fully saturated rings. The number of rotatable bonds is 4. The molecule has 0 amide bonds. The highest BCUT2D eigenvalue weighted by Gasteiger charge is 2.21. The maximum Gasteiger partial charge on any atom is 0.000496 e. The van der Waals surface area contributed by atoms with Gasteiger partial charge >= 0.3 is 0 Å². The Morgan fingerprint density at radius 3 is 2.43 bits per heavy atom. The predicted molar refractivity (Wildman–Crippen MR) is 122 cm³/mol. The Balaban J connectivity index is 0.000000336. The second-order valence-corrected chi connectivity index (χ2v) is 7.98. The standard InChI is InChI=1S/C23H26.C4H5N/c1-2-3-4-8-17-10-7-12-21-20(17)15-16-22-19-11-6-5-9-18(19)13-14-23(21)22;1-2-4-5-3-1/h5-6,9,11,13-17H,2-4,7-8,10,12H2,1H3;1-5H. The van der Waals surface area contributed by atoms with Gasteiger partial charge in [-0.1, -0.05) is 74.7 Å². The van der Waals surface area contributed by atoms with E-state index in [-0.39, 0.29) is 0 Å². The van der Waals surface area contributed by atoms with Crippen LogP contribution in [-0.4, -0.2) is 4.98 Å². The minimum absolute atomic E-state index is 0.793. The van der Waals surface area contributed by atoms with Gasteiger partial charge in [-0.25, -0.2) is 0 Å². The molecular weight excluding hydrogens is 338 g/mol. The first-order chi connectivity index (χ1) is 13.9. The van der Waals surface area contributed by atoms with Crippen molar-refractivity contribution < 1.29 is 0 Å². The van der Waals surface area contributed by atoms with E-state index in [0.717, 1.165) is 5.92 Å². The quantitative estimate of drug-likeness (QED) is 0.277. The monoisotopic (exact) mass is 369 g/mol. The number of hydrogen-bond donors (Lipinski definition) is 1. The average Bonchev–Trinajstić information content (AvgIpc) is 3.34. The molecule has 144 valence electrons. The molecule has 28 heavy (non-hydrogen) atoms. The van der Waals surface area contributed by atoms with Crippen molar-refractivity contribution in [1.29, 1.82) is 0 Å². The smallest absolute Gasteiger partial charge is 0.000496 e. The highest BCUT2D eigenvalue weighted by atomic mass is 14.6. The van der Waals surface area contributed by atoms with Crippen LogP contribution in [0.25, 0.3) is 21.5 Å². The van der Waals surface area contributed by atoms with E-state index in [1.165, 1.54) is 66.5 Å². The third kappa shape index (κ3) is 3.99. The Bertz CT molecular complexity index is 996. The van der Waals surface area contributed by atoms with Crippen LogP contribution in [0.2, 0.25) is 0 Å². The molecule has 0 saturated carbocycles. The van der Waals surface area contributed by atoms with Gasteiger partial charge in [0.1, 0.15) is 0 Å². The number of hydrogen-bond acceptors (Lipinski definition) is 0. The molecule has 4 aromatic rings. The Morgan fingerprint density at radius 2 is 1.64 bits per heavy atom. The van der Waals surface area contributed by atoms with Crippen LogP contribution in [0.3, 0.4) is 0 Å². The lowest BCUT2D eigenvalue weighted by molar-refractivity contribution is 0.495. The SMILES string of the molecule is CCCCCC1CCCc2c1ccc1c2ccc2ccccc21.c1cc[nH]c1. The zero-order chi connectivity index (χ0) is 19.2. The lowest BCUT2D eigenvalue weighted by Crippen LogP contribution is -2.10. The highest BCUT2D eigenvalue weighted by molar-refractivity contribution is 6.08. The second kappa shape index (κ2) is 9.10. The van der Waals surface area contributed by atoms with Gasteiger partial charge in [-0.3, -0.25) is 0 Å². The van der Waals surface area contributed by atoms with E-state index in [0.29, 0.717) is 0 Å².